The first-order chi connectivity index (χ1) is 5.15. The number of diazo groups is 1. The lowest BCUT2D eigenvalue weighted by Gasteiger charge is -1.96. The van der Waals surface area contributed by atoms with E-state index in [1.165, 1.54) is 0 Å². The molecule has 0 atom stereocenters. The van der Waals surface area contributed by atoms with Crippen LogP contribution in [0, 0.1) is 19.2 Å². The molecule has 1 aromatic carbocycles. The third-order valence-electron chi connectivity index (χ3n) is 1.62. The zero-order chi connectivity index (χ0) is 8.43. The molecule has 0 fully saturated rings. The number of nitrogens with two attached hydrogens (primary N) is 1. The number of hydrogen-bond acceptors (Lipinski definition) is 2. The summed E-state index contributed by atoms with van der Waals surface area (Å²) in [4.78, 5) is 3.07. The van der Waals surface area contributed by atoms with Crippen molar-refractivity contribution in [3.8, 4) is 0 Å². The van der Waals surface area contributed by atoms with Gasteiger partial charge in [-0.25, -0.2) is 0 Å². The monoisotopic (exact) mass is 148 g/mol. The SMILES string of the molecule is Cc1cc(C)c(N)c([N+]#N)c1. The minimum atomic E-state index is 0.447. The maximum atomic E-state index is 8.51. The third kappa shape index (κ3) is 1.30. The van der Waals surface area contributed by atoms with Crippen molar-refractivity contribution < 1.29 is 0 Å². The minimum absolute atomic E-state index is 0.447. The second-order valence-corrected chi connectivity index (χ2v) is 2.61. The fraction of sp³-hybridized carbons (Fsp3) is 0.250. The van der Waals surface area contributed by atoms with Crippen LogP contribution in [0.4, 0.5) is 11.4 Å². The highest BCUT2D eigenvalue weighted by atomic mass is 14.9. The van der Waals surface area contributed by atoms with Crippen LogP contribution in [0.15, 0.2) is 12.1 Å². The lowest BCUT2D eigenvalue weighted by molar-refractivity contribution is 1.37. The van der Waals surface area contributed by atoms with E-state index in [2.05, 4.69) is 4.98 Å². The van der Waals surface area contributed by atoms with E-state index in [1.54, 1.807) is 6.07 Å². The van der Waals surface area contributed by atoms with Crippen LogP contribution < -0.4 is 5.73 Å². The summed E-state index contributed by atoms with van der Waals surface area (Å²) in [7, 11) is 0. The molecule has 0 aliphatic rings. The summed E-state index contributed by atoms with van der Waals surface area (Å²) in [6.07, 6.45) is 0. The van der Waals surface area contributed by atoms with E-state index >= 15 is 0 Å². The van der Waals surface area contributed by atoms with Gasteiger partial charge < -0.3 is 5.73 Å². The van der Waals surface area contributed by atoms with E-state index in [-0.39, 0.29) is 0 Å². The quantitative estimate of drug-likeness (QED) is 0.453. The normalized spacial score (nSPS) is 9.18. The van der Waals surface area contributed by atoms with Gasteiger partial charge in [0, 0.05) is 6.07 Å². The number of hydrogen-bond donors (Lipinski definition) is 1. The predicted molar refractivity (Wildman–Crippen MR) is 45.1 cm³/mol. The summed E-state index contributed by atoms with van der Waals surface area (Å²) < 4.78 is 0. The van der Waals surface area contributed by atoms with Crippen LogP contribution >= 0.6 is 0 Å². The van der Waals surface area contributed by atoms with E-state index in [0.29, 0.717) is 11.4 Å². The molecule has 0 bridgehead atoms. The molecular formula is C8H10N3+. The first-order valence-corrected chi connectivity index (χ1v) is 3.37. The molecule has 0 saturated carbocycles. The predicted octanol–water partition coefficient (Wildman–Crippen LogP) is 2.37. The molecule has 0 amide bonds. The molecule has 0 aliphatic heterocycles. The van der Waals surface area contributed by atoms with Gasteiger partial charge in [-0.3, -0.25) is 0 Å². The second-order valence-electron chi connectivity index (χ2n) is 2.61. The molecule has 0 aromatic heterocycles. The number of anilines is 1. The zero-order valence-corrected chi connectivity index (χ0v) is 6.63. The van der Waals surface area contributed by atoms with Crippen molar-refractivity contribution in [3.05, 3.63) is 28.2 Å². The Kier molecular flexibility index (Phi) is 1.77. The van der Waals surface area contributed by atoms with E-state index in [4.69, 9.17) is 11.1 Å². The Morgan fingerprint density at radius 1 is 1.36 bits per heavy atom. The summed E-state index contributed by atoms with van der Waals surface area (Å²) >= 11 is 0. The van der Waals surface area contributed by atoms with Crippen LogP contribution in [0.2, 0.25) is 0 Å². The Balaban J connectivity index is 3.39. The molecule has 0 unspecified atom stereocenters. The molecule has 0 aliphatic carbocycles. The van der Waals surface area contributed by atoms with Crippen molar-refractivity contribution in [2.45, 2.75) is 13.8 Å². The van der Waals surface area contributed by atoms with Crippen LogP contribution in [0.25, 0.3) is 4.98 Å². The van der Waals surface area contributed by atoms with E-state index < -0.39 is 0 Å². The first-order valence-electron chi connectivity index (χ1n) is 3.37. The van der Waals surface area contributed by atoms with Gasteiger partial charge in [-0.1, -0.05) is 6.07 Å². The van der Waals surface area contributed by atoms with Gasteiger partial charge in [0.05, 0.1) is 0 Å². The third-order valence-corrected chi connectivity index (χ3v) is 1.62. The lowest BCUT2D eigenvalue weighted by atomic mass is 10.1. The summed E-state index contributed by atoms with van der Waals surface area (Å²) in [5, 5.41) is 8.51. The molecule has 3 nitrogen and oxygen atoms in total. The van der Waals surface area contributed by atoms with Crippen molar-refractivity contribution in [2.75, 3.05) is 5.73 Å². The molecule has 0 radical (unpaired) electrons. The topological polar surface area (TPSA) is 54.2 Å². The maximum absolute atomic E-state index is 8.51. The Morgan fingerprint density at radius 3 is 2.55 bits per heavy atom. The molecule has 0 spiro atoms. The minimum Gasteiger partial charge on any atom is -0.392 e. The van der Waals surface area contributed by atoms with Gasteiger partial charge in [-0.15, -0.1) is 0 Å². The largest absolute Gasteiger partial charge is 0.408 e. The highest BCUT2D eigenvalue weighted by Gasteiger charge is 2.12. The average Bonchev–Trinajstić information content (AvgIpc) is 1.96. The standard InChI is InChI=1S/C8H10N3/c1-5-3-6(2)8(9)7(4-5)11-10/h3-4H,9H2,1-2H3/q+1. The summed E-state index contributed by atoms with van der Waals surface area (Å²) in [5.74, 6) is 0. The fourth-order valence-electron chi connectivity index (χ4n) is 1.04. The van der Waals surface area contributed by atoms with Crippen LogP contribution in [-0.2, 0) is 0 Å². The van der Waals surface area contributed by atoms with Gasteiger partial charge in [-0.2, -0.15) is 0 Å². The second kappa shape index (κ2) is 2.59. The first kappa shape index (κ1) is 7.55. The van der Waals surface area contributed by atoms with Gasteiger partial charge in [-0.05, 0) is 25.0 Å². The van der Waals surface area contributed by atoms with Gasteiger partial charge in [0.25, 0.3) is 0 Å². The van der Waals surface area contributed by atoms with Crippen molar-refractivity contribution in [1.82, 2.24) is 0 Å². The van der Waals surface area contributed by atoms with Gasteiger partial charge in [0.15, 0.2) is 4.98 Å². The van der Waals surface area contributed by atoms with Crippen molar-refractivity contribution in [3.63, 3.8) is 0 Å². The van der Waals surface area contributed by atoms with Crippen molar-refractivity contribution in [1.29, 1.82) is 5.39 Å². The number of nitrogens with zero attached hydrogens (tertiary/aromatic N) is 2. The molecule has 2 N–H and O–H groups in total. The Bertz CT molecular complexity index is 323. The van der Waals surface area contributed by atoms with Gasteiger partial charge in [0.1, 0.15) is 5.69 Å². The van der Waals surface area contributed by atoms with Crippen LogP contribution in [0.1, 0.15) is 11.1 Å². The molecule has 56 valence electrons. The average molecular weight is 148 g/mol. The smallest absolute Gasteiger partial charge is 0.392 e. The summed E-state index contributed by atoms with van der Waals surface area (Å²) in [6, 6.07) is 3.69. The van der Waals surface area contributed by atoms with Crippen LogP contribution in [-0.4, -0.2) is 0 Å². The summed E-state index contributed by atoms with van der Waals surface area (Å²) in [6.45, 7) is 3.82. The highest BCUT2D eigenvalue weighted by molar-refractivity contribution is 5.71. The molecule has 1 rings (SSSR count). The fourth-order valence-corrected chi connectivity index (χ4v) is 1.04. The Hall–Kier alpha value is -1.56. The van der Waals surface area contributed by atoms with Crippen molar-refractivity contribution in [2.24, 2.45) is 0 Å². The van der Waals surface area contributed by atoms with Crippen molar-refractivity contribution >= 4 is 11.4 Å². The number of aryl methyl sites for hydroxylation is 2. The highest BCUT2D eigenvalue weighted by Crippen LogP contribution is 2.26. The molecule has 0 heterocycles. The number of nitrogen functional groups attached to an aromatic ring is 1. The number of benzene rings is 1. The molecule has 11 heavy (non-hydrogen) atoms. The Labute approximate surface area is 65.5 Å². The molecule has 3 heteroatoms. The number of rotatable bonds is 0. The van der Waals surface area contributed by atoms with Crippen LogP contribution in [0.5, 0.6) is 0 Å². The molecule has 0 saturated heterocycles. The zero-order valence-electron chi connectivity index (χ0n) is 6.63. The van der Waals surface area contributed by atoms with Crippen LogP contribution in [0.3, 0.4) is 0 Å². The van der Waals surface area contributed by atoms with E-state index in [9.17, 15) is 0 Å². The Morgan fingerprint density at radius 2 is 2.00 bits per heavy atom. The molecule has 1 aromatic rings. The molecular weight excluding hydrogens is 138 g/mol. The lowest BCUT2D eigenvalue weighted by Crippen LogP contribution is -1.89. The van der Waals surface area contributed by atoms with E-state index in [0.717, 1.165) is 11.1 Å². The van der Waals surface area contributed by atoms with Gasteiger partial charge >= 0.3 is 5.69 Å². The van der Waals surface area contributed by atoms with E-state index in [1.807, 2.05) is 19.9 Å². The summed E-state index contributed by atoms with van der Waals surface area (Å²) in [5.41, 5.74) is 8.58. The van der Waals surface area contributed by atoms with Gasteiger partial charge in [0.2, 0.25) is 5.39 Å². The maximum Gasteiger partial charge on any atom is 0.408 e.